The molecular formula is C13H23N3O. The average molecular weight is 237 g/mol. The van der Waals surface area contributed by atoms with Gasteiger partial charge in [-0.15, -0.1) is 0 Å². The lowest BCUT2D eigenvalue weighted by Gasteiger charge is -2.24. The zero-order chi connectivity index (χ0) is 12.3. The molecule has 1 heterocycles. The highest BCUT2D eigenvalue weighted by atomic mass is 16.5. The van der Waals surface area contributed by atoms with Gasteiger partial charge in [-0.1, -0.05) is 38.3 Å². The summed E-state index contributed by atoms with van der Waals surface area (Å²) in [6, 6.07) is -0.0689. The molecule has 2 rings (SSSR count). The standard InChI is InChI=1S/C13H23N3O/c1-3-9(2)12-15-13(17-16-12)11(14)10-7-5-4-6-8-10/h9-11H,3-8,14H2,1-2H3. The molecule has 1 fully saturated rings. The van der Waals surface area contributed by atoms with E-state index in [0.717, 1.165) is 12.2 Å². The summed E-state index contributed by atoms with van der Waals surface area (Å²) >= 11 is 0. The first-order valence-electron chi connectivity index (χ1n) is 6.81. The van der Waals surface area contributed by atoms with Crippen molar-refractivity contribution < 1.29 is 4.52 Å². The number of hydrogen-bond donors (Lipinski definition) is 1. The minimum Gasteiger partial charge on any atom is -0.338 e. The summed E-state index contributed by atoms with van der Waals surface area (Å²) in [5.41, 5.74) is 6.23. The van der Waals surface area contributed by atoms with Crippen molar-refractivity contribution in [2.45, 2.75) is 64.3 Å². The Morgan fingerprint density at radius 2 is 2.06 bits per heavy atom. The van der Waals surface area contributed by atoms with Gasteiger partial charge in [0, 0.05) is 5.92 Å². The van der Waals surface area contributed by atoms with Crippen molar-refractivity contribution >= 4 is 0 Å². The van der Waals surface area contributed by atoms with E-state index in [2.05, 4.69) is 24.0 Å². The maximum Gasteiger partial charge on any atom is 0.243 e. The van der Waals surface area contributed by atoms with Crippen LogP contribution in [0.2, 0.25) is 0 Å². The van der Waals surface area contributed by atoms with E-state index in [1.807, 2.05) is 0 Å². The van der Waals surface area contributed by atoms with Gasteiger partial charge in [0.25, 0.3) is 0 Å². The molecule has 17 heavy (non-hydrogen) atoms. The first-order valence-corrected chi connectivity index (χ1v) is 6.81. The van der Waals surface area contributed by atoms with Crippen LogP contribution in [0.5, 0.6) is 0 Å². The maximum absolute atomic E-state index is 6.23. The minimum atomic E-state index is -0.0689. The van der Waals surface area contributed by atoms with Crippen molar-refractivity contribution in [1.82, 2.24) is 10.1 Å². The molecule has 1 aromatic rings. The monoisotopic (exact) mass is 237 g/mol. The van der Waals surface area contributed by atoms with Crippen LogP contribution in [-0.2, 0) is 0 Å². The van der Waals surface area contributed by atoms with Gasteiger partial charge in [-0.3, -0.25) is 0 Å². The van der Waals surface area contributed by atoms with Gasteiger partial charge in [0.15, 0.2) is 5.82 Å². The van der Waals surface area contributed by atoms with Gasteiger partial charge in [0.2, 0.25) is 5.89 Å². The fourth-order valence-electron chi connectivity index (χ4n) is 2.46. The first-order chi connectivity index (χ1) is 8.22. The van der Waals surface area contributed by atoms with E-state index in [-0.39, 0.29) is 6.04 Å². The molecule has 1 aliphatic rings. The predicted molar refractivity (Wildman–Crippen MR) is 66.5 cm³/mol. The van der Waals surface area contributed by atoms with E-state index in [4.69, 9.17) is 10.3 Å². The number of hydrogen-bond acceptors (Lipinski definition) is 4. The molecule has 96 valence electrons. The Hall–Kier alpha value is -0.900. The summed E-state index contributed by atoms with van der Waals surface area (Å²) in [6.07, 6.45) is 7.32. The van der Waals surface area contributed by atoms with Crippen LogP contribution in [0.3, 0.4) is 0 Å². The molecule has 2 N–H and O–H groups in total. The van der Waals surface area contributed by atoms with E-state index in [1.165, 1.54) is 32.1 Å². The van der Waals surface area contributed by atoms with Crippen molar-refractivity contribution in [3.63, 3.8) is 0 Å². The van der Waals surface area contributed by atoms with Crippen LogP contribution in [0.15, 0.2) is 4.52 Å². The summed E-state index contributed by atoms with van der Waals surface area (Å²) < 4.78 is 5.32. The largest absolute Gasteiger partial charge is 0.338 e. The van der Waals surface area contributed by atoms with Gasteiger partial charge in [0.1, 0.15) is 0 Å². The maximum atomic E-state index is 6.23. The Bertz CT molecular complexity index is 344. The topological polar surface area (TPSA) is 64.9 Å². The SMILES string of the molecule is CCC(C)c1noc(C(N)C2CCCCC2)n1. The van der Waals surface area contributed by atoms with Crippen LogP contribution >= 0.6 is 0 Å². The van der Waals surface area contributed by atoms with E-state index in [9.17, 15) is 0 Å². The van der Waals surface area contributed by atoms with Gasteiger partial charge in [-0.25, -0.2) is 0 Å². The normalized spacial score (nSPS) is 21.4. The third-order valence-corrected chi connectivity index (χ3v) is 3.95. The predicted octanol–water partition coefficient (Wildman–Crippen LogP) is 3.16. The summed E-state index contributed by atoms with van der Waals surface area (Å²) in [5, 5.41) is 4.04. The number of nitrogens with two attached hydrogens (primary N) is 1. The Morgan fingerprint density at radius 3 is 2.71 bits per heavy atom. The van der Waals surface area contributed by atoms with Crippen LogP contribution in [0.1, 0.15) is 76.0 Å². The first kappa shape index (κ1) is 12.6. The molecule has 1 aliphatic carbocycles. The molecule has 0 aromatic carbocycles. The molecule has 0 amide bonds. The summed E-state index contributed by atoms with van der Waals surface area (Å²) in [5.74, 6) is 2.31. The molecule has 0 saturated heterocycles. The smallest absolute Gasteiger partial charge is 0.243 e. The second kappa shape index (κ2) is 5.63. The molecule has 0 aliphatic heterocycles. The van der Waals surface area contributed by atoms with Crippen LogP contribution in [0.4, 0.5) is 0 Å². The van der Waals surface area contributed by atoms with E-state index >= 15 is 0 Å². The number of rotatable bonds is 4. The van der Waals surface area contributed by atoms with Gasteiger partial charge >= 0.3 is 0 Å². The molecule has 4 nitrogen and oxygen atoms in total. The van der Waals surface area contributed by atoms with Crippen LogP contribution < -0.4 is 5.73 Å². The Morgan fingerprint density at radius 1 is 1.35 bits per heavy atom. The Balaban J connectivity index is 2.03. The van der Waals surface area contributed by atoms with Gasteiger partial charge in [-0.05, 0) is 25.2 Å². The summed E-state index contributed by atoms with van der Waals surface area (Å²) in [7, 11) is 0. The lowest BCUT2D eigenvalue weighted by molar-refractivity contribution is 0.255. The quantitative estimate of drug-likeness (QED) is 0.873. The second-order valence-electron chi connectivity index (χ2n) is 5.22. The highest BCUT2D eigenvalue weighted by Gasteiger charge is 2.26. The van der Waals surface area contributed by atoms with Crippen LogP contribution in [-0.4, -0.2) is 10.1 Å². The molecular weight excluding hydrogens is 214 g/mol. The molecule has 0 radical (unpaired) electrons. The fourth-order valence-corrected chi connectivity index (χ4v) is 2.46. The van der Waals surface area contributed by atoms with E-state index < -0.39 is 0 Å². The molecule has 2 unspecified atom stereocenters. The van der Waals surface area contributed by atoms with Gasteiger partial charge in [-0.2, -0.15) is 4.98 Å². The van der Waals surface area contributed by atoms with Crippen molar-refractivity contribution in [2.75, 3.05) is 0 Å². The lowest BCUT2D eigenvalue weighted by atomic mass is 9.84. The van der Waals surface area contributed by atoms with Crippen LogP contribution in [0.25, 0.3) is 0 Å². The second-order valence-corrected chi connectivity index (χ2v) is 5.22. The summed E-state index contributed by atoms with van der Waals surface area (Å²) in [6.45, 7) is 4.24. The van der Waals surface area contributed by atoms with Crippen molar-refractivity contribution in [2.24, 2.45) is 11.7 Å². The molecule has 1 saturated carbocycles. The van der Waals surface area contributed by atoms with Crippen molar-refractivity contribution in [3.8, 4) is 0 Å². The highest BCUT2D eigenvalue weighted by molar-refractivity contribution is 4.98. The Labute approximate surface area is 103 Å². The zero-order valence-electron chi connectivity index (χ0n) is 10.9. The summed E-state index contributed by atoms with van der Waals surface area (Å²) in [4.78, 5) is 4.45. The average Bonchev–Trinajstić information content (AvgIpc) is 2.87. The van der Waals surface area contributed by atoms with E-state index in [0.29, 0.717) is 17.7 Å². The third-order valence-electron chi connectivity index (χ3n) is 3.95. The number of aromatic nitrogens is 2. The molecule has 0 bridgehead atoms. The molecule has 4 heteroatoms. The van der Waals surface area contributed by atoms with E-state index in [1.54, 1.807) is 0 Å². The lowest BCUT2D eigenvalue weighted by Crippen LogP contribution is -2.23. The van der Waals surface area contributed by atoms with Gasteiger partial charge < -0.3 is 10.3 Å². The van der Waals surface area contributed by atoms with Crippen LogP contribution in [0, 0.1) is 5.92 Å². The third kappa shape index (κ3) is 2.86. The van der Waals surface area contributed by atoms with Gasteiger partial charge in [0.05, 0.1) is 6.04 Å². The molecule has 2 atom stereocenters. The Kier molecular flexibility index (Phi) is 4.15. The molecule has 1 aromatic heterocycles. The molecule has 0 spiro atoms. The number of nitrogens with zero attached hydrogens (tertiary/aromatic N) is 2. The fraction of sp³-hybridized carbons (Fsp3) is 0.846. The van der Waals surface area contributed by atoms with Crippen molar-refractivity contribution in [1.29, 1.82) is 0 Å². The van der Waals surface area contributed by atoms with Crippen molar-refractivity contribution in [3.05, 3.63) is 11.7 Å². The zero-order valence-corrected chi connectivity index (χ0v) is 10.9. The minimum absolute atomic E-state index is 0.0689. The highest BCUT2D eigenvalue weighted by Crippen LogP contribution is 2.32.